The van der Waals surface area contributed by atoms with Crippen molar-refractivity contribution in [3.05, 3.63) is 120 Å². The molecule has 0 unspecified atom stereocenters. The molecule has 0 radical (unpaired) electrons. The van der Waals surface area contributed by atoms with Crippen LogP contribution < -0.4 is 10.1 Å². The number of aryl methyl sites for hydroxylation is 2. The van der Waals surface area contributed by atoms with E-state index in [1.165, 1.54) is 11.1 Å². The minimum atomic E-state index is 0. The van der Waals surface area contributed by atoms with Crippen molar-refractivity contribution in [2.45, 2.75) is 26.9 Å². The van der Waals surface area contributed by atoms with E-state index >= 15 is 0 Å². The van der Waals surface area contributed by atoms with Crippen LogP contribution in [-0.2, 0) is 13.0 Å². The zero-order valence-electron chi connectivity index (χ0n) is 18.0. The highest BCUT2D eigenvalue weighted by molar-refractivity contribution is 5.50. The molecule has 1 N–H and O–H groups in total. The van der Waals surface area contributed by atoms with Crippen LogP contribution >= 0.6 is 0 Å². The van der Waals surface area contributed by atoms with Gasteiger partial charge in [-0.3, -0.25) is 0 Å². The molecule has 31 heavy (non-hydrogen) atoms. The predicted molar refractivity (Wildman–Crippen MR) is 129 cm³/mol. The molecule has 4 nitrogen and oxygen atoms in total. The fraction of sp³-hybridized carbons (Fsp3) is 0.148. The number of allylic oxidation sites excluding steroid dienone is 1. The van der Waals surface area contributed by atoms with Gasteiger partial charge in [-0.15, -0.1) is 0 Å². The van der Waals surface area contributed by atoms with Crippen LogP contribution in [0.3, 0.4) is 0 Å². The Bertz CT molecular complexity index is 1150. The van der Waals surface area contributed by atoms with Crippen molar-refractivity contribution >= 4 is 5.82 Å². The highest BCUT2D eigenvalue weighted by Crippen LogP contribution is 2.21. The van der Waals surface area contributed by atoms with Gasteiger partial charge in [0.1, 0.15) is 18.2 Å². The third kappa shape index (κ3) is 5.43. The van der Waals surface area contributed by atoms with Gasteiger partial charge in [0.25, 0.3) is 0 Å². The summed E-state index contributed by atoms with van der Waals surface area (Å²) in [5, 5.41) is 8.05. The smallest absolute Gasteiger partial charge is 0.134 e. The zero-order valence-corrected chi connectivity index (χ0v) is 18.0. The normalized spacial score (nSPS) is 10.6. The number of hydrogen-bond acceptors (Lipinski definition) is 3. The highest BCUT2D eigenvalue weighted by Gasteiger charge is 2.09. The second-order valence-electron chi connectivity index (χ2n) is 7.74. The third-order valence-electron chi connectivity index (χ3n) is 5.00. The zero-order chi connectivity index (χ0) is 21.6. The lowest BCUT2D eigenvalue weighted by atomic mass is 10.1. The predicted octanol–water partition coefficient (Wildman–Crippen LogP) is 6.48. The van der Waals surface area contributed by atoms with Crippen LogP contribution in [0, 0.1) is 13.8 Å². The van der Waals surface area contributed by atoms with E-state index in [0.29, 0.717) is 6.61 Å². The van der Waals surface area contributed by atoms with Gasteiger partial charge in [-0.25, -0.2) is 4.68 Å². The molecule has 0 saturated heterocycles. The molecule has 0 aliphatic heterocycles. The van der Waals surface area contributed by atoms with Crippen molar-refractivity contribution in [3.63, 3.8) is 0 Å². The molecule has 0 spiro atoms. The maximum Gasteiger partial charge on any atom is 0.134 e. The van der Waals surface area contributed by atoms with E-state index in [4.69, 9.17) is 4.74 Å². The van der Waals surface area contributed by atoms with Crippen molar-refractivity contribution < 1.29 is 6.16 Å². The van der Waals surface area contributed by atoms with Crippen molar-refractivity contribution in [2.24, 2.45) is 0 Å². The number of nitrogens with zero attached hydrogens (tertiary/aromatic N) is 2. The van der Waals surface area contributed by atoms with Gasteiger partial charge in [0, 0.05) is 19.6 Å². The number of hydrogen-bond donors (Lipinski definition) is 1. The standard InChI is InChI=1S/C27H27N3O.H2/c1-20-9-13-25(14-10-20)30-27(18-22(3)29-30)28-21(2)17-23-11-15-26(16-12-23)31-19-24-7-5-4-6-8-24;/h4-16,18,28H,2,17,19H2,1,3H3;1H. The summed E-state index contributed by atoms with van der Waals surface area (Å²) in [5.74, 6) is 1.77. The molecule has 0 saturated carbocycles. The van der Waals surface area contributed by atoms with E-state index in [9.17, 15) is 0 Å². The minimum absolute atomic E-state index is 0. The van der Waals surface area contributed by atoms with Gasteiger partial charge in [-0.05, 0) is 49.2 Å². The van der Waals surface area contributed by atoms with Gasteiger partial charge < -0.3 is 10.1 Å². The summed E-state index contributed by atoms with van der Waals surface area (Å²) in [4.78, 5) is 0. The molecule has 4 rings (SSSR count). The average Bonchev–Trinajstić information content (AvgIpc) is 3.14. The van der Waals surface area contributed by atoms with Crippen LogP contribution in [0.15, 0.2) is 97.2 Å². The molecular weight excluding hydrogens is 382 g/mol. The number of aromatic nitrogens is 2. The lowest BCUT2D eigenvalue weighted by Gasteiger charge is -2.13. The van der Waals surface area contributed by atoms with Gasteiger partial charge >= 0.3 is 0 Å². The first kappa shape index (κ1) is 20.5. The molecule has 1 aromatic heterocycles. The van der Waals surface area contributed by atoms with Crippen molar-refractivity contribution in [1.82, 2.24) is 9.78 Å². The Morgan fingerprint density at radius 3 is 2.35 bits per heavy atom. The molecular formula is C27H29N3O. The molecule has 0 atom stereocenters. The summed E-state index contributed by atoms with van der Waals surface area (Å²) >= 11 is 0. The Morgan fingerprint density at radius 1 is 0.935 bits per heavy atom. The number of nitrogens with one attached hydrogen (secondary N) is 1. The SMILES string of the molecule is C=C(Cc1ccc(OCc2ccccc2)cc1)Nc1cc(C)nn1-c1ccc(C)cc1.[HH]. The van der Waals surface area contributed by atoms with E-state index in [-0.39, 0.29) is 1.43 Å². The molecule has 0 fully saturated rings. The number of benzene rings is 3. The highest BCUT2D eigenvalue weighted by atomic mass is 16.5. The van der Waals surface area contributed by atoms with Crippen LogP contribution in [-0.4, -0.2) is 9.78 Å². The molecule has 4 aromatic rings. The molecule has 0 amide bonds. The van der Waals surface area contributed by atoms with E-state index in [1.807, 2.05) is 48.0 Å². The summed E-state index contributed by atoms with van der Waals surface area (Å²) in [6.45, 7) is 8.86. The maximum absolute atomic E-state index is 5.87. The lowest BCUT2D eigenvalue weighted by Crippen LogP contribution is -2.07. The van der Waals surface area contributed by atoms with Crippen LogP contribution in [0.5, 0.6) is 5.75 Å². The van der Waals surface area contributed by atoms with Crippen molar-refractivity contribution in [2.75, 3.05) is 5.32 Å². The summed E-state index contributed by atoms with van der Waals surface area (Å²) < 4.78 is 7.79. The first-order valence-electron chi connectivity index (χ1n) is 10.4. The van der Waals surface area contributed by atoms with Gasteiger partial charge in [-0.2, -0.15) is 5.10 Å². The number of rotatable bonds is 8. The first-order chi connectivity index (χ1) is 15.1. The van der Waals surface area contributed by atoms with E-state index in [2.05, 4.69) is 72.4 Å². The fourth-order valence-corrected chi connectivity index (χ4v) is 3.39. The Kier molecular flexibility index (Phi) is 6.18. The summed E-state index contributed by atoms with van der Waals surface area (Å²) in [6, 6.07) is 28.7. The minimum Gasteiger partial charge on any atom is -0.489 e. The molecule has 0 aliphatic rings. The monoisotopic (exact) mass is 411 g/mol. The largest absolute Gasteiger partial charge is 0.489 e. The average molecular weight is 412 g/mol. The first-order valence-corrected chi connectivity index (χ1v) is 10.4. The Morgan fingerprint density at radius 2 is 1.65 bits per heavy atom. The maximum atomic E-state index is 5.87. The Hall–Kier alpha value is -3.79. The number of ether oxygens (including phenoxy) is 1. The van der Waals surface area contributed by atoms with Crippen LogP contribution in [0.4, 0.5) is 5.82 Å². The third-order valence-corrected chi connectivity index (χ3v) is 5.00. The van der Waals surface area contributed by atoms with Crippen LogP contribution in [0.1, 0.15) is 23.8 Å². The second-order valence-corrected chi connectivity index (χ2v) is 7.74. The molecule has 1 heterocycles. The van der Waals surface area contributed by atoms with Gasteiger partial charge in [0.2, 0.25) is 0 Å². The van der Waals surface area contributed by atoms with E-state index in [0.717, 1.165) is 40.6 Å². The number of anilines is 1. The summed E-state index contributed by atoms with van der Waals surface area (Å²) in [7, 11) is 0. The lowest BCUT2D eigenvalue weighted by molar-refractivity contribution is 0.306. The van der Waals surface area contributed by atoms with Gasteiger partial charge in [0.05, 0.1) is 11.4 Å². The molecule has 0 bridgehead atoms. The molecule has 158 valence electrons. The quantitative estimate of drug-likeness (QED) is 0.360. The molecule has 4 heteroatoms. The Labute approximate surface area is 185 Å². The topological polar surface area (TPSA) is 39.1 Å². The van der Waals surface area contributed by atoms with Crippen LogP contribution in [0.25, 0.3) is 5.69 Å². The molecule has 0 aliphatic carbocycles. The van der Waals surface area contributed by atoms with Gasteiger partial charge in [0.15, 0.2) is 0 Å². The van der Waals surface area contributed by atoms with E-state index in [1.54, 1.807) is 0 Å². The molecule has 3 aromatic carbocycles. The van der Waals surface area contributed by atoms with Crippen LogP contribution in [0.2, 0.25) is 0 Å². The Balaban J connectivity index is 0.00000289. The van der Waals surface area contributed by atoms with Crippen molar-refractivity contribution in [3.8, 4) is 11.4 Å². The van der Waals surface area contributed by atoms with Crippen molar-refractivity contribution in [1.29, 1.82) is 0 Å². The second kappa shape index (κ2) is 9.35. The van der Waals surface area contributed by atoms with Gasteiger partial charge in [-0.1, -0.05) is 66.7 Å². The summed E-state index contributed by atoms with van der Waals surface area (Å²) in [5.41, 5.74) is 6.44. The van der Waals surface area contributed by atoms with E-state index < -0.39 is 0 Å². The fourth-order valence-electron chi connectivity index (χ4n) is 3.39. The summed E-state index contributed by atoms with van der Waals surface area (Å²) in [6.07, 6.45) is 0.719.